The Kier molecular flexibility index (Phi) is 8.92. The van der Waals surface area contributed by atoms with E-state index in [0.717, 1.165) is 35.3 Å². The highest BCUT2D eigenvalue weighted by atomic mass is 16.5. The zero-order valence-electron chi connectivity index (χ0n) is 20.3. The maximum atomic E-state index is 9.91. The summed E-state index contributed by atoms with van der Waals surface area (Å²) in [6, 6.07) is 12.7. The molecule has 2 aromatic carbocycles. The van der Waals surface area contributed by atoms with Crippen LogP contribution in [0.25, 0.3) is 0 Å². The van der Waals surface area contributed by atoms with Crippen molar-refractivity contribution in [2.75, 3.05) is 19.8 Å². The van der Waals surface area contributed by atoms with E-state index in [2.05, 4.69) is 62.9 Å². The lowest BCUT2D eigenvalue weighted by molar-refractivity contribution is 0.106. The van der Waals surface area contributed by atoms with Gasteiger partial charge >= 0.3 is 0 Å². The van der Waals surface area contributed by atoms with Crippen LogP contribution in [-0.2, 0) is 5.41 Å². The van der Waals surface area contributed by atoms with Gasteiger partial charge in [0.1, 0.15) is 11.4 Å². The molecule has 0 aromatic heterocycles. The van der Waals surface area contributed by atoms with Crippen molar-refractivity contribution in [3.05, 3.63) is 64.2 Å². The fourth-order valence-electron chi connectivity index (χ4n) is 4.03. The Hall–Kier alpha value is -2.32. The third-order valence-corrected chi connectivity index (χ3v) is 6.21. The Morgan fingerprint density at radius 1 is 0.906 bits per heavy atom. The van der Waals surface area contributed by atoms with Gasteiger partial charge in [-0.05, 0) is 74.9 Å². The molecule has 0 aliphatic carbocycles. The summed E-state index contributed by atoms with van der Waals surface area (Å²) >= 11 is 0. The van der Waals surface area contributed by atoms with Gasteiger partial charge in [0.2, 0.25) is 0 Å². The Bertz CT molecular complexity index is 952. The van der Waals surface area contributed by atoms with E-state index in [1.165, 1.54) is 11.1 Å². The first-order valence-corrected chi connectivity index (χ1v) is 11.4. The molecule has 174 valence electrons. The van der Waals surface area contributed by atoms with Crippen molar-refractivity contribution in [1.29, 1.82) is 0 Å². The number of aliphatic hydroxyl groups excluding tert-OH is 2. The smallest absolute Gasteiger partial charge is 0.122 e. The minimum absolute atomic E-state index is 0.0993. The van der Waals surface area contributed by atoms with E-state index in [-0.39, 0.29) is 31.2 Å². The van der Waals surface area contributed by atoms with Crippen LogP contribution in [0.5, 0.6) is 5.75 Å². The molecular formula is C28H38O4. The summed E-state index contributed by atoms with van der Waals surface area (Å²) < 4.78 is 5.85. The van der Waals surface area contributed by atoms with Gasteiger partial charge in [-0.2, -0.15) is 0 Å². The van der Waals surface area contributed by atoms with Crippen LogP contribution in [-0.4, -0.2) is 40.7 Å². The number of hydrogen-bond acceptors (Lipinski definition) is 4. The number of rotatable bonds is 9. The van der Waals surface area contributed by atoms with Gasteiger partial charge in [-0.1, -0.05) is 50.0 Å². The molecule has 0 saturated carbocycles. The Labute approximate surface area is 193 Å². The summed E-state index contributed by atoms with van der Waals surface area (Å²) in [4.78, 5) is 0. The quantitative estimate of drug-likeness (QED) is 0.504. The number of aryl methyl sites for hydroxylation is 2. The molecule has 0 fully saturated rings. The summed E-state index contributed by atoms with van der Waals surface area (Å²) in [7, 11) is 0. The van der Waals surface area contributed by atoms with Crippen LogP contribution in [0.15, 0.2) is 36.4 Å². The van der Waals surface area contributed by atoms with E-state index < -0.39 is 5.60 Å². The molecule has 0 unspecified atom stereocenters. The van der Waals surface area contributed by atoms with Crippen LogP contribution in [0.1, 0.15) is 68.4 Å². The molecule has 2 aromatic rings. The van der Waals surface area contributed by atoms with Gasteiger partial charge in [0.05, 0.1) is 19.8 Å². The summed E-state index contributed by atoms with van der Waals surface area (Å²) in [5.74, 6) is 6.50. The molecule has 4 nitrogen and oxygen atoms in total. The normalized spacial score (nSPS) is 11.9. The van der Waals surface area contributed by atoms with Gasteiger partial charge in [-0.3, -0.25) is 0 Å². The van der Waals surface area contributed by atoms with Crippen molar-refractivity contribution < 1.29 is 20.1 Å². The Morgan fingerprint density at radius 2 is 1.47 bits per heavy atom. The molecule has 0 aliphatic heterocycles. The summed E-state index contributed by atoms with van der Waals surface area (Å²) in [5, 5.41) is 28.5. The lowest BCUT2D eigenvalue weighted by Crippen LogP contribution is -2.26. The standard InChI is InChI=1S/C28H38O4/c1-7-28(8-2,24-10-9-23(20(3)15-24)13-14-27(5,6)31)25-11-12-26(21(4)16-25)32-19-22(17-29)18-30/h9-12,15-16,22,29-31H,7-8,17-19H2,1-6H3. The average molecular weight is 439 g/mol. The van der Waals surface area contributed by atoms with Gasteiger partial charge in [-0.25, -0.2) is 0 Å². The predicted octanol–water partition coefficient (Wildman–Crippen LogP) is 4.51. The largest absolute Gasteiger partial charge is 0.493 e. The molecule has 0 heterocycles. The van der Waals surface area contributed by atoms with Gasteiger partial charge in [0, 0.05) is 16.9 Å². The Balaban J connectivity index is 2.40. The molecule has 0 bridgehead atoms. The highest BCUT2D eigenvalue weighted by Crippen LogP contribution is 2.40. The maximum absolute atomic E-state index is 9.91. The third-order valence-electron chi connectivity index (χ3n) is 6.21. The van der Waals surface area contributed by atoms with Crippen LogP contribution >= 0.6 is 0 Å². The fourth-order valence-corrected chi connectivity index (χ4v) is 4.03. The molecule has 0 saturated heterocycles. The van der Waals surface area contributed by atoms with Crippen molar-refractivity contribution in [2.45, 2.75) is 65.4 Å². The van der Waals surface area contributed by atoms with Crippen molar-refractivity contribution in [3.63, 3.8) is 0 Å². The minimum atomic E-state index is -1.02. The molecule has 2 rings (SSSR count). The van der Waals surface area contributed by atoms with E-state index in [1.807, 2.05) is 13.0 Å². The monoisotopic (exact) mass is 438 g/mol. The summed E-state index contributed by atoms with van der Waals surface area (Å²) in [6.45, 7) is 12.0. The summed E-state index contributed by atoms with van der Waals surface area (Å²) in [6.07, 6.45) is 1.91. The molecule has 0 radical (unpaired) electrons. The number of hydrogen-bond donors (Lipinski definition) is 3. The third kappa shape index (κ3) is 6.13. The first-order valence-electron chi connectivity index (χ1n) is 11.4. The first-order chi connectivity index (χ1) is 15.1. The number of benzene rings is 2. The molecule has 0 amide bonds. The average Bonchev–Trinajstić information content (AvgIpc) is 2.75. The van der Waals surface area contributed by atoms with Crippen molar-refractivity contribution in [3.8, 4) is 17.6 Å². The zero-order chi connectivity index (χ0) is 23.9. The molecule has 3 N–H and O–H groups in total. The lowest BCUT2D eigenvalue weighted by atomic mass is 9.70. The van der Waals surface area contributed by atoms with Crippen molar-refractivity contribution in [1.82, 2.24) is 0 Å². The highest BCUT2D eigenvalue weighted by molar-refractivity contribution is 5.50. The SMILES string of the molecule is CCC(CC)(c1ccc(C#CC(C)(C)O)c(C)c1)c1ccc(OCC(CO)CO)c(C)c1. The van der Waals surface area contributed by atoms with Crippen LogP contribution in [0, 0.1) is 31.6 Å². The number of aliphatic hydroxyl groups is 3. The Morgan fingerprint density at radius 3 is 1.94 bits per heavy atom. The van der Waals surface area contributed by atoms with E-state index in [0.29, 0.717) is 0 Å². The van der Waals surface area contributed by atoms with Crippen LogP contribution in [0.3, 0.4) is 0 Å². The van der Waals surface area contributed by atoms with Gasteiger partial charge in [0.25, 0.3) is 0 Å². The molecule has 0 atom stereocenters. The molecular weight excluding hydrogens is 400 g/mol. The van der Waals surface area contributed by atoms with Crippen LogP contribution < -0.4 is 4.74 Å². The second kappa shape index (κ2) is 11.0. The second-order valence-electron chi connectivity index (χ2n) is 9.15. The molecule has 32 heavy (non-hydrogen) atoms. The van der Waals surface area contributed by atoms with E-state index >= 15 is 0 Å². The molecule has 0 spiro atoms. The van der Waals surface area contributed by atoms with E-state index in [1.54, 1.807) is 13.8 Å². The zero-order valence-corrected chi connectivity index (χ0v) is 20.3. The lowest BCUT2D eigenvalue weighted by Gasteiger charge is -2.34. The van der Waals surface area contributed by atoms with E-state index in [9.17, 15) is 15.3 Å². The molecule has 0 aliphatic rings. The first kappa shape index (κ1) is 25.9. The van der Waals surface area contributed by atoms with Crippen molar-refractivity contribution >= 4 is 0 Å². The van der Waals surface area contributed by atoms with Gasteiger partial charge in [0.15, 0.2) is 0 Å². The minimum Gasteiger partial charge on any atom is -0.493 e. The summed E-state index contributed by atoms with van der Waals surface area (Å²) in [5.41, 5.74) is 4.41. The van der Waals surface area contributed by atoms with Crippen molar-refractivity contribution in [2.24, 2.45) is 5.92 Å². The van der Waals surface area contributed by atoms with E-state index in [4.69, 9.17) is 4.74 Å². The number of ether oxygens (including phenoxy) is 1. The van der Waals surface area contributed by atoms with Crippen LogP contribution in [0.2, 0.25) is 0 Å². The molecule has 4 heteroatoms. The second-order valence-corrected chi connectivity index (χ2v) is 9.15. The van der Waals surface area contributed by atoms with Crippen LogP contribution in [0.4, 0.5) is 0 Å². The highest BCUT2D eigenvalue weighted by Gasteiger charge is 2.31. The maximum Gasteiger partial charge on any atom is 0.122 e. The van der Waals surface area contributed by atoms with Gasteiger partial charge < -0.3 is 20.1 Å². The topological polar surface area (TPSA) is 69.9 Å². The fraction of sp³-hybridized carbons (Fsp3) is 0.500. The predicted molar refractivity (Wildman–Crippen MR) is 130 cm³/mol. The van der Waals surface area contributed by atoms with Gasteiger partial charge in [-0.15, -0.1) is 0 Å².